The van der Waals surface area contributed by atoms with Crippen LogP contribution in [0.4, 0.5) is 0 Å². The molecular weight excluding hydrogens is 558 g/mol. The number of phenolic OH excluding ortho intramolecular Hbond substituents is 1. The molecule has 0 saturated heterocycles. The van der Waals surface area contributed by atoms with Gasteiger partial charge >= 0.3 is 0 Å². The third-order valence-electron chi connectivity index (χ3n) is 8.90. The number of pyridine rings is 1. The molecule has 218 valence electrons. The van der Waals surface area contributed by atoms with E-state index < -0.39 is 0 Å². The van der Waals surface area contributed by atoms with E-state index >= 15 is 0 Å². The number of rotatable bonds is 5. The van der Waals surface area contributed by atoms with Gasteiger partial charge in [0.25, 0.3) is 0 Å². The molecule has 1 N–H and O–H groups in total. The van der Waals surface area contributed by atoms with Crippen LogP contribution in [0.3, 0.4) is 0 Å². The fourth-order valence-corrected chi connectivity index (χ4v) is 6.88. The number of aromatic hydroxyl groups is 1. The Morgan fingerprint density at radius 2 is 0.826 bits per heavy atom. The van der Waals surface area contributed by atoms with Crippen LogP contribution in [0.5, 0.6) is 5.75 Å². The molecule has 0 aliphatic carbocycles. The standard InChI is InChI=1S/C44H31NO/c1-29-17-16-28-36-37(29)44(46)41(40(32-22-10-4-11-23-32)38(36)30-18-6-2-7-19-30)43-35-27-15-14-26-34(35)39(31-20-8-3-9-21-31)42(45-43)33-24-12-5-13-25-33/h2-28,46H,1H3. The molecule has 0 atom stereocenters. The SMILES string of the molecule is Cc1cccc2c(-c3ccccc3)c(-c3ccccc3)c(-c3nc(-c4ccccc4)c(-c4ccccc4)c4ccccc34)c(O)c12. The number of benzene rings is 7. The van der Waals surface area contributed by atoms with Crippen LogP contribution in [0.2, 0.25) is 0 Å². The van der Waals surface area contributed by atoms with Crippen LogP contribution in [-0.4, -0.2) is 10.1 Å². The summed E-state index contributed by atoms with van der Waals surface area (Å²) in [7, 11) is 0. The lowest BCUT2D eigenvalue weighted by atomic mass is 9.82. The second-order valence-corrected chi connectivity index (χ2v) is 11.7. The van der Waals surface area contributed by atoms with Crippen molar-refractivity contribution in [1.82, 2.24) is 4.98 Å². The second kappa shape index (κ2) is 11.5. The Kier molecular flexibility index (Phi) is 6.89. The number of nitrogens with zero attached hydrogens (tertiary/aromatic N) is 1. The van der Waals surface area contributed by atoms with E-state index in [-0.39, 0.29) is 5.75 Å². The van der Waals surface area contributed by atoms with Crippen LogP contribution in [0.15, 0.2) is 164 Å². The molecule has 0 aliphatic heterocycles. The van der Waals surface area contributed by atoms with Crippen molar-refractivity contribution in [1.29, 1.82) is 0 Å². The molecule has 0 amide bonds. The van der Waals surface area contributed by atoms with E-state index in [0.29, 0.717) is 0 Å². The maximum atomic E-state index is 12.6. The normalized spacial score (nSPS) is 11.2. The van der Waals surface area contributed by atoms with Gasteiger partial charge in [0.1, 0.15) is 5.75 Å². The van der Waals surface area contributed by atoms with Crippen LogP contribution in [0.25, 0.3) is 77.4 Å². The van der Waals surface area contributed by atoms with Crippen molar-refractivity contribution >= 4 is 21.5 Å². The molecule has 0 unspecified atom stereocenters. The van der Waals surface area contributed by atoms with Gasteiger partial charge in [-0.1, -0.05) is 164 Å². The van der Waals surface area contributed by atoms with Crippen LogP contribution in [-0.2, 0) is 0 Å². The lowest BCUT2D eigenvalue weighted by Gasteiger charge is -2.24. The summed E-state index contributed by atoms with van der Waals surface area (Å²) in [5.74, 6) is 0.246. The van der Waals surface area contributed by atoms with E-state index in [2.05, 4.69) is 146 Å². The molecule has 2 heteroatoms. The van der Waals surface area contributed by atoms with Gasteiger partial charge in [-0.05, 0) is 45.5 Å². The van der Waals surface area contributed by atoms with Crippen molar-refractivity contribution in [3.8, 4) is 61.6 Å². The summed E-state index contributed by atoms with van der Waals surface area (Å²) >= 11 is 0. The fourth-order valence-electron chi connectivity index (χ4n) is 6.88. The number of aromatic nitrogens is 1. The maximum absolute atomic E-state index is 12.6. The molecule has 0 fully saturated rings. The molecule has 1 heterocycles. The monoisotopic (exact) mass is 589 g/mol. The third-order valence-corrected chi connectivity index (χ3v) is 8.90. The molecular formula is C44H31NO. The van der Waals surface area contributed by atoms with Crippen molar-refractivity contribution in [3.63, 3.8) is 0 Å². The van der Waals surface area contributed by atoms with Gasteiger partial charge in [-0.15, -0.1) is 0 Å². The summed E-state index contributed by atoms with van der Waals surface area (Å²) in [5, 5.41) is 16.5. The van der Waals surface area contributed by atoms with Gasteiger partial charge in [-0.2, -0.15) is 0 Å². The predicted molar refractivity (Wildman–Crippen MR) is 193 cm³/mol. The van der Waals surface area contributed by atoms with Crippen molar-refractivity contribution in [2.45, 2.75) is 6.92 Å². The molecule has 0 spiro atoms. The average Bonchev–Trinajstić information content (AvgIpc) is 3.12. The lowest BCUT2D eigenvalue weighted by molar-refractivity contribution is 0.483. The Hall–Kier alpha value is -5.99. The van der Waals surface area contributed by atoms with E-state index in [4.69, 9.17) is 4.98 Å². The second-order valence-electron chi connectivity index (χ2n) is 11.7. The van der Waals surface area contributed by atoms with Crippen LogP contribution >= 0.6 is 0 Å². The van der Waals surface area contributed by atoms with Crippen molar-refractivity contribution in [2.24, 2.45) is 0 Å². The molecule has 0 aliphatic rings. The van der Waals surface area contributed by atoms with Gasteiger partial charge < -0.3 is 5.11 Å². The number of phenols is 1. The molecule has 8 rings (SSSR count). The molecule has 0 radical (unpaired) electrons. The lowest BCUT2D eigenvalue weighted by Crippen LogP contribution is -2.00. The highest BCUT2D eigenvalue weighted by Gasteiger charge is 2.27. The molecule has 0 bridgehead atoms. The number of hydrogen-bond donors (Lipinski definition) is 1. The predicted octanol–water partition coefficient (Wildman–Crippen LogP) is 11.7. The highest BCUT2D eigenvalue weighted by molar-refractivity contribution is 6.18. The molecule has 2 nitrogen and oxygen atoms in total. The van der Waals surface area contributed by atoms with Crippen LogP contribution < -0.4 is 0 Å². The van der Waals surface area contributed by atoms with E-state index in [9.17, 15) is 5.11 Å². The Morgan fingerprint density at radius 1 is 0.370 bits per heavy atom. The van der Waals surface area contributed by atoms with E-state index in [1.807, 2.05) is 24.3 Å². The van der Waals surface area contributed by atoms with Gasteiger partial charge in [0.15, 0.2) is 0 Å². The minimum Gasteiger partial charge on any atom is -0.507 e. The van der Waals surface area contributed by atoms with Gasteiger partial charge in [-0.25, -0.2) is 4.98 Å². The zero-order chi connectivity index (χ0) is 31.0. The number of fused-ring (bicyclic) bond motifs is 2. The first-order chi connectivity index (χ1) is 22.7. The Morgan fingerprint density at radius 3 is 1.41 bits per heavy atom. The Balaban J connectivity index is 1.61. The van der Waals surface area contributed by atoms with E-state index in [1.54, 1.807) is 0 Å². The summed E-state index contributed by atoms with van der Waals surface area (Å²) < 4.78 is 0. The number of aryl methyl sites for hydroxylation is 1. The largest absolute Gasteiger partial charge is 0.507 e. The topological polar surface area (TPSA) is 33.1 Å². The van der Waals surface area contributed by atoms with Gasteiger partial charge in [-0.3, -0.25) is 0 Å². The fraction of sp³-hybridized carbons (Fsp3) is 0.0227. The van der Waals surface area contributed by atoms with E-state index in [1.165, 1.54) is 0 Å². The Bertz CT molecular complexity index is 2350. The van der Waals surface area contributed by atoms with Gasteiger partial charge in [0, 0.05) is 27.5 Å². The molecule has 7 aromatic carbocycles. The van der Waals surface area contributed by atoms with Gasteiger partial charge in [0.05, 0.1) is 17.0 Å². The first kappa shape index (κ1) is 27.6. The van der Waals surface area contributed by atoms with Crippen molar-refractivity contribution < 1.29 is 5.11 Å². The maximum Gasteiger partial charge on any atom is 0.133 e. The molecule has 46 heavy (non-hydrogen) atoms. The first-order valence-corrected chi connectivity index (χ1v) is 15.6. The quantitative estimate of drug-likeness (QED) is 0.217. The summed E-state index contributed by atoms with van der Waals surface area (Å²) in [4.78, 5) is 5.58. The first-order valence-electron chi connectivity index (χ1n) is 15.6. The minimum atomic E-state index is 0.246. The average molecular weight is 590 g/mol. The minimum absolute atomic E-state index is 0.246. The summed E-state index contributed by atoms with van der Waals surface area (Å²) in [6.45, 7) is 2.07. The molecule has 1 aromatic heterocycles. The third kappa shape index (κ3) is 4.55. The van der Waals surface area contributed by atoms with Crippen LogP contribution in [0.1, 0.15) is 5.56 Å². The summed E-state index contributed by atoms with van der Waals surface area (Å²) in [6, 6.07) is 56.5. The zero-order valence-corrected chi connectivity index (χ0v) is 25.5. The Labute approximate surface area is 268 Å². The smallest absolute Gasteiger partial charge is 0.133 e. The molecule has 0 saturated carbocycles. The highest BCUT2D eigenvalue weighted by atomic mass is 16.3. The number of hydrogen-bond acceptors (Lipinski definition) is 2. The van der Waals surface area contributed by atoms with Crippen molar-refractivity contribution in [3.05, 3.63) is 169 Å². The summed E-state index contributed by atoms with van der Waals surface area (Å²) in [5.41, 5.74) is 10.7. The van der Waals surface area contributed by atoms with Crippen molar-refractivity contribution in [2.75, 3.05) is 0 Å². The zero-order valence-electron chi connectivity index (χ0n) is 25.5. The molecule has 8 aromatic rings. The van der Waals surface area contributed by atoms with Crippen LogP contribution in [0, 0.1) is 6.92 Å². The highest BCUT2D eigenvalue weighted by Crippen LogP contribution is 2.53. The van der Waals surface area contributed by atoms with E-state index in [0.717, 1.165) is 83.0 Å². The van der Waals surface area contributed by atoms with Gasteiger partial charge in [0.2, 0.25) is 0 Å². The summed E-state index contributed by atoms with van der Waals surface area (Å²) in [6.07, 6.45) is 0.